The number of carbonyl (C=O) groups excluding carboxylic acids is 1. The van der Waals surface area contributed by atoms with Crippen molar-refractivity contribution in [2.45, 2.75) is 13.3 Å². The fraction of sp³-hybridized carbons (Fsp3) is 0.227. The van der Waals surface area contributed by atoms with Crippen LogP contribution in [0.1, 0.15) is 18.1 Å². The first kappa shape index (κ1) is 21.8. The molecule has 1 amide bonds. The Morgan fingerprint density at radius 3 is 2.48 bits per heavy atom. The van der Waals surface area contributed by atoms with Gasteiger partial charge in [0.15, 0.2) is 18.1 Å². The molecule has 2 aromatic carbocycles. The minimum absolute atomic E-state index is 0.0826. The molecule has 0 saturated carbocycles. The highest BCUT2D eigenvalue weighted by Gasteiger charge is 2.12. The molecule has 0 atom stereocenters. The Balaban J connectivity index is 2.01. The van der Waals surface area contributed by atoms with Gasteiger partial charge >= 0.3 is 0 Å². The zero-order chi connectivity index (χ0) is 21.1. The third kappa shape index (κ3) is 6.88. The predicted molar refractivity (Wildman–Crippen MR) is 110 cm³/mol. The number of benzene rings is 2. The molecule has 0 bridgehead atoms. The largest absolute Gasteiger partial charge is 0.490 e. The van der Waals surface area contributed by atoms with Crippen LogP contribution in [-0.4, -0.2) is 25.7 Å². The molecule has 2 aromatic rings. The van der Waals surface area contributed by atoms with E-state index in [4.69, 9.17) is 31.6 Å². The average molecular weight is 410 g/mol. The van der Waals surface area contributed by atoms with Gasteiger partial charge in [-0.1, -0.05) is 41.9 Å². The van der Waals surface area contributed by atoms with Crippen molar-refractivity contribution in [2.24, 2.45) is 0 Å². The van der Waals surface area contributed by atoms with Crippen LogP contribution in [-0.2, 0) is 11.2 Å². The van der Waals surface area contributed by atoms with Gasteiger partial charge in [0.05, 0.1) is 11.6 Å². The highest BCUT2D eigenvalue weighted by atomic mass is 35.5. The molecule has 6 nitrogen and oxygen atoms in total. The molecule has 0 spiro atoms. The molecule has 148 valence electrons. The zero-order valence-corrected chi connectivity index (χ0v) is 16.7. The van der Waals surface area contributed by atoms with E-state index in [1.54, 1.807) is 25.1 Å². The third-order valence-corrected chi connectivity index (χ3v) is 4.17. The van der Waals surface area contributed by atoms with Crippen molar-refractivity contribution in [1.29, 1.82) is 10.5 Å². The number of allylic oxidation sites excluding steroid dienone is 1. The molecule has 2 rings (SSSR count). The number of halogens is 1. The summed E-state index contributed by atoms with van der Waals surface area (Å²) in [5.74, 6) is 0.415. The van der Waals surface area contributed by atoms with Gasteiger partial charge in [-0.05, 0) is 36.6 Å². The van der Waals surface area contributed by atoms with Crippen molar-refractivity contribution in [3.8, 4) is 23.6 Å². The van der Waals surface area contributed by atoms with Gasteiger partial charge in [0.2, 0.25) is 0 Å². The Labute approximate surface area is 174 Å². The first-order valence-electron chi connectivity index (χ1n) is 8.99. The number of hydrogen-bond donors (Lipinski definition) is 1. The Kier molecular flexibility index (Phi) is 8.56. The number of amides is 1. The van der Waals surface area contributed by atoms with Crippen LogP contribution in [0.15, 0.2) is 48.0 Å². The summed E-state index contributed by atoms with van der Waals surface area (Å²) in [5.41, 5.74) is 1.51. The number of hydrogen-bond acceptors (Lipinski definition) is 5. The number of nitrogens with one attached hydrogen (secondary N) is 1. The first-order valence-corrected chi connectivity index (χ1v) is 9.36. The lowest BCUT2D eigenvalue weighted by atomic mass is 10.1. The van der Waals surface area contributed by atoms with Crippen molar-refractivity contribution in [2.75, 3.05) is 19.8 Å². The second-order valence-corrected chi connectivity index (χ2v) is 6.32. The SMILES string of the molecule is CCOc1cc(C=C(C#N)C#N)c(Cl)cc1OCC(=O)NCCc1ccccc1. The van der Waals surface area contributed by atoms with Crippen molar-refractivity contribution < 1.29 is 14.3 Å². The van der Waals surface area contributed by atoms with Crippen LogP contribution >= 0.6 is 11.6 Å². The van der Waals surface area contributed by atoms with Gasteiger partial charge < -0.3 is 14.8 Å². The second-order valence-electron chi connectivity index (χ2n) is 5.91. The van der Waals surface area contributed by atoms with E-state index in [9.17, 15) is 4.79 Å². The first-order chi connectivity index (χ1) is 14.1. The highest BCUT2D eigenvalue weighted by molar-refractivity contribution is 6.32. The van der Waals surface area contributed by atoms with E-state index in [0.717, 1.165) is 12.0 Å². The molecule has 0 aliphatic heterocycles. The summed E-state index contributed by atoms with van der Waals surface area (Å²) in [6, 6.07) is 16.5. The van der Waals surface area contributed by atoms with Gasteiger partial charge in [-0.25, -0.2) is 0 Å². The zero-order valence-electron chi connectivity index (χ0n) is 15.9. The predicted octanol–water partition coefficient (Wildman–Crippen LogP) is 3.91. The molecule has 1 N–H and O–H groups in total. The van der Waals surface area contributed by atoms with E-state index < -0.39 is 0 Å². The second kappa shape index (κ2) is 11.4. The summed E-state index contributed by atoms with van der Waals surface area (Å²) in [5, 5.41) is 20.9. The normalized spacial score (nSPS) is 9.66. The molecule has 7 heteroatoms. The van der Waals surface area contributed by atoms with Crippen LogP contribution in [0.4, 0.5) is 0 Å². The summed E-state index contributed by atoms with van der Waals surface area (Å²) < 4.78 is 11.1. The smallest absolute Gasteiger partial charge is 0.257 e. The van der Waals surface area contributed by atoms with E-state index >= 15 is 0 Å². The Hall–Kier alpha value is -3.48. The van der Waals surface area contributed by atoms with Gasteiger partial charge in [-0.15, -0.1) is 0 Å². The molecule has 0 saturated heterocycles. The molecule has 0 radical (unpaired) electrons. The third-order valence-electron chi connectivity index (χ3n) is 3.84. The summed E-state index contributed by atoms with van der Waals surface area (Å²) in [6.07, 6.45) is 2.09. The maximum atomic E-state index is 12.1. The van der Waals surface area contributed by atoms with E-state index in [1.807, 2.05) is 30.3 Å². The standard InChI is InChI=1S/C22H20ClN3O3/c1-2-28-20-11-18(10-17(13-24)14-25)19(23)12-21(20)29-15-22(27)26-9-8-16-6-4-3-5-7-16/h3-7,10-12H,2,8-9,15H2,1H3,(H,26,27). The maximum absolute atomic E-state index is 12.1. The van der Waals surface area contributed by atoms with Crippen LogP contribution < -0.4 is 14.8 Å². The minimum Gasteiger partial charge on any atom is -0.490 e. The fourth-order valence-electron chi connectivity index (χ4n) is 2.47. The Morgan fingerprint density at radius 2 is 1.83 bits per heavy atom. The Bertz CT molecular complexity index is 944. The van der Waals surface area contributed by atoms with Gasteiger partial charge in [0.1, 0.15) is 17.7 Å². The molecule has 0 aliphatic rings. The molecule has 0 fully saturated rings. The number of nitriles is 2. The maximum Gasteiger partial charge on any atom is 0.257 e. The summed E-state index contributed by atoms with van der Waals surface area (Å²) in [4.78, 5) is 12.1. The molecule has 29 heavy (non-hydrogen) atoms. The Morgan fingerprint density at radius 1 is 1.14 bits per heavy atom. The van der Waals surface area contributed by atoms with E-state index in [0.29, 0.717) is 30.2 Å². The number of rotatable bonds is 9. The van der Waals surface area contributed by atoms with E-state index in [2.05, 4.69) is 5.32 Å². The van der Waals surface area contributed by atoms with Crippen LogP contribution in [0.25, 0.3) is 6.08 Å². The van der Waals surface area contributed by atoms with Gasteiger partial charge in [-0.2, -0.15) is 10.5 Å². The summed E-state index contributed by atoms with van der Waals surface area (Å²) in [7, 11) is 0. The van der Waals surface area contributed by atoms with Crippen LogP contribution in [0, 0.1) is 22.7 Å². The monoisotopic (exact) mass is 409 g/mol. The number of ether oxygens (including phenoxy) is 2. The van der Waals surface area contributed by atoms with Gasteiger partial charge in [0, 0.05) is 12.6 Å². The molecule has 0 heterocycles. The molecule has 0 aromatic heterocycles. The van der Waals surface area contributed by atoms with Crippen molar-refractivity contribution in [3.05, 3.63) is 64.2 Å². The molecular weight excluding hydrogens is 390 g/mol. The van der Waals surface area contributed by atoms with Crippen LogP contribution in [0.5, 0.6) is 11.5 Å². The molecule has 0 aliphatic carbocycles. The van der Waals surface area contributed by atoms with Crippen molar-refractivity contribution in [1.82, 2.24) is 5.32 Å². The topological polar surface area (TPSA) is 95.1 Å². The van der Waals surface area contributed by atoms with Gasteiger partial charge in [-0.3, -0.25) is 4.79 Å². The molecule has 0 unspecified atom stereocenters. The average Bonchev–Trinajstić information content (AvgIpc) is 2.73. The number of nitrogens with zero attached hydrogens (tertiary/aromatic N) is 2. The van der Waals surface area contributed by atoms with E-state index in [1.165, 1.54) is 12.1 Å². The highest BCUT2D eigenvalue weighted by Crippen LogP contribution is 2.34. The van der Waals surface area contributed by atoms with Gasteiger partial charge in [0.25, 0.3) is 5.91 Å². The fourth-order valence-corrected chi connectivity index (χ4v) is 2.68. The quantitative estimate of drug-likeness (QED) is 0.633. The van der Waals surface area contributed by atoms with Crippen molar-refractivity contribution >= 4 is 23.6 Å². The lowest BCUT2D eigenvalue weighted by molar-refractivity contribution is -0.123. The summed E-state index contributed by atoms with van der Waals surface area (Å²) >= 11 is 6.23. The lowest BCUT2D eigenvalue weighted by Gasteiger charge is -2.14. The lowest BCUT2D eigenvalue weighted by Crippen LogP contribution is -2.30. The van der Waals surface area contributed by atoms with Crippen molar-refractivity contribution in [3.63, 3.8) is 0 Å². The molecular formula is C22H20ClN3O3. The number of carbonyl (C=O) groups is 1. The van der Waals surface area contributed by atoms with E-state index in [-0.39, 0.29) is 23.1 Å². The van der Waals surface area contributed by atoms with Crippen LogP contribution in [0.3, 0.4) is 0 Å². The summed E-state index contributed by atoms with van der Waals surface area (Å²) in [6.45, 7) is 2.48. The minimum atomic E-state index is -0.264. The van der Waals surface area contributed by atoms with Crippen LogP contribution in [0.2, 0.25) is 5.02 Å².